The van der Waals surface area contributed by atoms with E-state index in [0.717, 1.165) is 15.7 Å². The first kappa shape index (κ1) is 19.3. The van der Waals surface area contributed by atoms with Crippen LogP contribution in [0.3, 0.4) is 0 Å². The van der Waals surface area contributed by atoms with E-state index in [1.165, 1.54) is 4.90 Å². The predicted molar refractivity (Wildman–Crippen MR) is 118 cm³/mol. The Morgan fingerprint density at radius 2 is 1.57 bits per heavy atom. The number of fused-ring (bicyclic) bond motifs is 1. The maximum atomic E-state index is 13.5. The van der Waals surface area contributed by atoms with Crippen molar-refractivity contribution in [3.05, 3.63) is 93.9 Å². The van der Waals surface area contributed by atoms with E-state index < -0.39 is 18.1 Å². The van der Waals surface area contributed by atoms with Crippen LogP contribution in [0.5, 0.6) is 0 Å². The third kappa shape index (κ3) is 3.12. The average molecular weight is 484 g/mol. The van der Waals surface area contributed by atoms with Crippen molar-refractivity contribution in [2.45, 2.75) is 12.1 Å². The number of nitrogens with zero attached hydrogens (tertiary/aromatic N) is 2. The zero-order valence-electron chi connectivity index (χ0n) is 15.6. The lowest BCUT2D eigenvalue weighted by atomic mass is 9.90. The number of carbonyl (C=O) groups is 2. The molecule has 2 amide bonds. The van der Waals surface area contributed by atoms with E-state index in [9.17, 15) is 9.59 Å². The Bertz CT molecular complexity index is 1140. The van der Waals surface area contributed by atoms with Crippen molar-refractivity contribution in [2.24, 2.45) is 5.92 Å². The molecule has 2 heterocycles. The number of hydrogen-bond donors (Lipinski definition) is 0. The van der Waals surface area contributed by atoms with Crippen LogP contribution in [0, 0.1) is 5.92 Å². The number of anilines is 2. The third-order valence-electron chi connectivity index (χ3n) is 5.38. The second-order valence-electron chi connectivity index (χ2n) is 7.20. The van der Waals surface area contributed by atoms with E-state index in [-0.39, 0.29) is 11.8 Å². The Hall–Kier alpha value is -2.67. The molecular formula is C23H16BrClN2O3. The summed E-state index contributed by atoms with van der Waals surface area (Å²) in [5.41, 5.74) is 2.12. The van der Waals surface area contributed by atoms with Gasteiger partial charge in [-0.2, -0.15) is 0 Å². The van der Waals surface area contributed by atoms with Crippen molar-refractivity contribution in [3.63, 3.8) is 0 Å². The van der Waals surface area contributed by atoms with Gasteiger partial charge in [-0.15, -0.1) is 0 Å². The summed E-state index contributed by atoms with van der Waals surface area (Å²) < 4.78 is 0.889. The molecule has 0 unspecified atom stereocenters. The highest BCUT2D eigenvalue weighted by Crippen LogP contribution is 2.47. The fourth-order valence-corrected chi connectivity index (χ4v) is 4.71. The molecule has 3 atom stereocenters. The lowest BCUT2D eigenvalue weighted by Gasteiger charge is -2.28. The number of carbonyl (C=O) groups excluding carboxylic acids is 2. The Labute approximate surface area is 186 Å². The van der Waals surface area contributed by atoms with Crippen molar-refractivity contribution in [2.75, 3.05) is 9.96 Å². The van der Waals surface area contributed by atoms with E-state index in [2.05, 4.69) is 15.9 Å². The summed E-state index contributed by atoms with van der Waals surface area (Å²) >= 11 is 9.60. The summed E-state index contributed by atoms with van der Waals surface area (Å²) in [6.07, 6.45) is -0.902. The minimum absolute atomic E-state index is 0.296. The quantitative estimate of drug-likeness (QED) is 0.483. The zero-order chi connectivity index (χ0) is 20.8. The molecule has 0 aromatic heterocycles. The van der Waals surface area contributed by atoms with Crippen LogP contribution in [0.1, 0.15) is 11.6 Å². The third-order valence-corrected chi connectivity index (χ3v) is 6.11. The molecule has 2 saturated heterocycles. The second kappa shape index (κ2) is 7.54. The van der Waals surface area contributed by atoms with Gasteiger partial charge in [-0.05, 0) is 48.0 Å². The maximum absolute atomic E-state index is 13.5. The van der Waals surface area contributed by atoms with Gasteiger partial charge in [-0.25, -0.2) is 9.96 Å². The lowest BCUT2D eigenvalue weighted by Crippen LogP contribution is -2.37. The van der Waals surface area contributed by atoms with Crippen molar-refractivity contribution in [3.8, 4) is 0 Å². The van der Waals surface area contributed by atoms with Gasteiger partial charge in [0.15, 0.2) is 6.10 Å². The molecule has 2 aliphatic heterocycles. The van der Waals surface area contributed by atoms with E-state index in [4.69, 9.17) is 16.4 Å². The topological polar surface area (TPSA) is 49.9 Å². The molecule has 0 N–H and O–H groups in total. The first-order chi connectivity index (χ1) is 14.5. The maximum Gasteiger partial charge on any atom is 0.266 e. The number of benzene rings is 3. The Morgan fingerprint density at radius 1 is 0.833 bits per heavy atom. The highest BCUT2D eigenvalue weighted by atomic mass is 79.9. The van der Waals surface area contributed by atoms with Gasteiger partial charge in [-0.1, -0.05) is 63.9 Å². The fourth-order valence-electron chi connectivity index (χ4n) is 4.11. The van der Waals surface area contributed by atoms with E-state index in [1.807, 2.05) is 54.6 Å². The van der Waals surface area contributed by atoms with Crippen LogP contribution in [0.15, 0.2) is 83.3 Å². The normalized spacial score (nSPS) is 23.2. The molecular weight excluding hydrogens is 468 g/mol. The highest BCUT2D eigenvalue weighted by Gasteiger charge is 2.60. The molecule has 150 valence electrons. The molecule has 3 aromatic rings. The van der Waals surface area contributed by atoms with E-state index in [0.29, 0.717) is 10.7 Å². The minimum Gasteiger partial charge on any atom is -0.273 e. The Balaban J connectivity index is 1.60. The number of halogens is 2. The summed E-state index contributed by atoms with van der Waals surface area (Å²) in [6, 6.07) is 23.5. The lowest BCUT2D eigenvalue weighted by molar-refractivity contribution is -0.126. The first-order valence-electron chi connectivity index (χ1n) is 9.44. The monoisotopic (exact) mass is 482 g/mol. The molecule has 2 aliphatic rings. The number of amides is 2. The van der Waals surface area contributed by atoms with Crippen molar-refractivity contribution in [1.82, 2.24) is 0 Å². The van der Waals surface area contributed by atoms with Crippen LogP contribution in [-0.2, 0) is 14.4 Å². The summed E-state index contributed by atoms with van der Waals surface area (Å²) in [5, 5.41) is 2.14. The van der Waals surface area contributed by atoms with Gasteiger partial charge in [0.2, 0.25) is 5.91 Å². The number of para-hydroxylation sites is 1. The van der Waals surface area contributed by atoms with Gasteiger partial charge in [0, 0.05) is 9.50 Å². The Kier molecular flexibility index (Phi) is 4.85. The molecule has 0 spiro atoms. The molecule has 0 aliphatic carbocycles. The summed E-state index contributed by atoms with van der Waals surface area (Å²) in [6.45, 7) is 0. The average Bonchev–Trinajstić information content (AvgIpc) is 3.25. The number of imide groups is 1. The molecule has 0 bridgehead atoms. The van der Waals surface area contributed by atoms with Gasteiger partial charge in [-0.3, -0.25) is 14.4 Å². The number of hydrogen-bond acceptors (Lipinski definition) is 4. The van der Waals surface area contributed by atoms with E-state index >= 15 is 0 Å². The molecule has 7 heteroatoms. The van der Waals surface area contributed by atoms with Crippen molar-refractivity contribution in [1.29, 1.82) is 0 Å². The van der Waals surface area contributed by atoms with Gasteiger partial charge in [0.05, 0.1) is 17.4 Å². The summed E-state index contributed by atoms with van der Waals surface area (Å²) in [7, 11) is 0. The van der Waals surface area contributed by atoms with Crippen molar-refractivity contribution < 1.29 is 14.4 Å². The first-order valence-corrected chi connectivity index (χ1v) is 10.6. The van der Waals surface area contributed by atoms with Gasteiger partial charge >= 0.3 is 0 Å². The number of hydroxylamine groups is 1. The largest absolute Gasteiger partial charge is 0.273 e. The van der Waals surface area contributed by atoms with Crippen LogP contribution < -0.4 is 9.96 Å². The standard InChI is InChI=1S/C23H16BrClN2O3/c24-15-7-4-6-14(12-15)20-19-21(30-27(20)17-9-2-1-3-10-17)23(29)26(22(19)28)18-11-5-8-16(25)13-18/h1-13,19-21H/t19-,20+,21-/m1/s1. The summed E-state index contributed by atoms with van der Waals surface area (Å²) in [5.74, 6) is -1.35. The van der Waals surface area contributed by atoms with Gasteiger partial charge in [0.1, 0.15) is 5.92 Å². The van der Waals surface area contributed by atoms with Crippen LogP contribution >= 0.6 is 27.5 Å². The molecule has 0 radical (unpaired) electrons. The molecule has 5 rings (SSSR count). The molecule has 0 saturated carbocycles. The molecule has 30 heavy (non-hydrogen) atoms. The van der Waals surface area contributed by atoms with Gasteiger partial charge < -0.3 is 0 Å². The van der Waals surface area contributed by atoms with Gasteiger partial charge in [0.25, 0.3) is 5.91 Å². The number of rotatable bonds is 3. The van der Waals surface area contributed by atoms with Crippen LogP contribution in [0.25, 0.3) is 0 Å². The summed E-state index contributed by atoms with van der Waals surface area (Å²) in [4.78, 5) is 34.0. The predicted octanol–water partition coefficient (Wildman–Crippen LogP) is 5.15. The van der Waals surface area contributed by atoms with Crippen LogP contribution in [0.4, 0.5) is 11.4 Å². The zero-order valence-corrected chi connectivity index (χ0v) is 18.0. The SMILES string of the molecule is O=C1[C@H]2[C@@H](ON(c3ccccc3)[C@H]2c2cccc(Br)c2)C(=O)N1c1cccc(Cl)c1. The van der Waals surface area contributed by atoms with E-state index in [1.54, 1.807) is 29.3 Å². The van der Waals surface area contributed by atoms with Crippen LogP contribution in [0.2, 0.25) is 5.02 Å². The van der Waals surface area contributed by atoms with Crippen LogP contribution in [-0.4, -0.2) is 17.9 Å². The second-order valence-corrected chi connectivity index (χ2v) is 8.56. The fraction of sp³-hybridized carbons (Fsp3) is 0.130. The smallest absolute Gasteiger partial charge is 0.266 e. The molecule has 3 aromatic carbocycles. The molecule has 5 nitrogen and oxygen atoms in total. The van der Waals surface area contributed by atoms with Crippen molar-refractivity contribution >= 4 is 50.7 Å². The minimum atomic E-state index is -0.902. The molecule has 2 fully saturated rings. The highest BCUT2D eigenvalue weighted by molar-refractivity contribution is 9.10. The Morgan fingerprint density at radius 3 is 2.30 bits per heavy atom.